The lowest BCUT2D eigenvalue weighted by Crippen LogP contribution is -2.39. The van der Waals surface area contributed by atoms with Crippen LogP contribution in [-0.2, 0) is 20.7 Å². The lowest BCUT2D eigenvalue weighted by Gasteiger charge is -2.23. The van der Waals surface area contributed by atoms with E-state index in [1.807, 2.05) is 37.3 Å². The number of carbonyl (C=O) groups is 2. The number of amides is 1. The first-order valence-electron chi connectivity index (χ1n) is 12.0. The molecule has 0 radical (unpaired) electrons. The average Bonchev–Trinajstić information content (AvgIpc) is 2.79. The number of aliphatic carboxylic acids is 1. The highest BCUT2D eigenvalue weighted by Crippen LogP contribution is 2.18. The molecule has 1 aromatic carbocycles. The van der Waals surface area contributed by atoms with Crippen molar-refractivity contribution in [1.29, 1.82) is 0 Å². The lowest BCUT2D eigenvalue weighted by molar-refractivity contribution is -0.137. The Morgan fingerprint density at radius 3 is 2.38 bits per heavy atom. The monoisotopic (exact) mass is 470 g/mol. The number of carboxylic acid groups (broad SMARTS) is 1. The van der Waals surface area contributed by atoms with Crippen LogP contribution in [0.3, 0.4) is 0 Å². The number of primary amides is 1. The third-order valence-electron chi connectivity index (χ3n) is 5.99. The summed E-state index contributed by atoms with van der Waals surface area (Å²) in [6, 6.07) is 10.0. The van der Waals surface area contributed by atoms with Gasteiger partial charge in [0, 0.05) is 25.1 Å². The lowest BCUT2D eigenvalue weighted by atomic mass is 9.94. The van der Waals surface area contributed by atoms with Crippen molar-refractivity contribution in [2.45, 2.75) is 71.4 Å². The zero-order chi connectivity index (χ0) is 25.5. The van der Waals surface area contributed by atoms with Crippen LogP contribution in [-0.4, -0.2) is 36.2 Å². The largest absolute Gasteiger partial charge is 0.481 e. The number of carbonyl (C=O) groups excluding carboxylic acids is 1. The van der Waals surface area contributed by atoms with Crippen molar-refractivity contribution in [3.63, 3.8) is 0 Å². The van der Waals surface area contributed by atoms with Crippen LogP contribution in [0.4, 0.5) is 0 Å². The molecule has 188 valence electrons. The molecule has 34 heavy (non-hydrogen) atoms. The number of allylic oxidation sites excluding steroid dienone is 3. The predicted molar refractivity (Wildman–Crippen MR) is 138 cm³/mol. The first kappa shape index (κ1) is 29.2. The van der Waals surface area contributed by atoms with Crippen LogP contribution >= 0.6 is 0 Å². The van der Waals surface area contributed by atoms with Gasteiger partial charge in [0.15, 0.2) is 0 Å². The number of rotatable bonds is 17. The molecule has 0 fully saturated rings. The van der Waals surface area contributed by atoms with E-state index >= 15 is 0 Å². The van der Waals surface area contributed by atoms with E-state index in [0.29, 0.717) is 6.42 Å². The maximum absolute atomic E-state index is 11.8. The van der Waals surface area contributed by atoms with Gasteiger partial charge >= 0.3 is 5.97 Å². The normalized spacial score (nSPS) is 15.5. The fourth-order valence-electron chi connectivity index (χ4n) is 3.78. The fraction of sp³-hybridized carbons (Fsp3) is 0.500. The van der Waals surface area contributed by atoms with Gasteiger partial charge in [0.25, 0.3) is 0 Å². The van der Waals surface area contributed by atoms with Gasteiger partial charge in [0.2, 0.25) is 5.91 Å². The zero-order valence-electron chi connectivity index (χ0n) is 21.1. The highest BCUT2D eigenvalue weighted by atomic mass is 16.5. The SMILES string of the molecule is C=C(CCCCCC(=O)O)NC(/C=C/C(C)=C/[C@H](C)[C@H](Cc1ccccc1)OC)[C@H](C)C(N)=O. The smallest absolute Gasteiger partial charge is 0.303 e. The Kier molecular flexibility index (Phi) is 13.6. The minimum Gasteiger partial charge on any atom is -0.481 e. The Morgan fingerprint density at radius 2 is 1.79 bits per heavy atom. The molecule has 0 heterocycles. The molecule has 0 aliphatic rings. The second-order valence-electron chi connectivity index (χ2n) is 9.01. The van der Waals surface area contributed by atoms with Crippen molar-refractivity contribution < 1.29 is 19.4 Å². The van der Waals surface area contributed by atoms with E-state index < -0.39 is 11.9 Å². The summed E-state index contributed by atoms with van der Waals surface area (Å²) in [6.45, 7) is 10.0. The van der Waals surface area contributed by atoms with Gasteiger partial charge in [-0.25, -0.2) is 0 Å². The van der Waals surface area contributed by atoms with Gasteiger partial charge in [-0.15, -0.1) is 0 Å². The molecule has 0 saturated carbocycles. The number of nitrogens with two attached hydrogens (primary N) is 1. The van der Waals surface area contributed by atoms with Gasteiger partial charge in [0.05, 0.1) is 18.1 Å². The summed E-state index contributed by atoms with van der Waals surface area (Å²) < 4.78 is 5.75. The van der Waals surface area contributed by atoms with Gasteiger partial charge in [-0.05, 0) is 38.2 Å². The minimum absolute atomic E-state index is 0.0603. The van der Waals surface area contributed by atoms with Crippen molar-refractivity contribution in [2.75, 3.05) is 7.11 Å². The van der Waals surface area contributed by atoms with Gasteiger partial charge < -0.3 is 20.9 Å². The van der Waals surface area contributed by atoms with Gasteiger partial charge in [-0.3, -0.25) is 9.59 Å². The fourth-order valence-corrected chi connectivity index (χ4v) is 3.78. The number of nitrogens with one attached hydrogen (secondary N) is 1. The topological polar surface area (TPSA) is 102 Å². The molecule has 0 saturated heterocycles. The van der Waals surface area contributed by atoms with Crippen molar-refractivity contribution in [2.24, 2.45) is 17.6 Å². The second kappa shape index (κ2) is 15.9. The molecular formula is C28H42N2O4. The second-order valence-corrected chi connectivity index (χ2v) is 9.01. The van der Waals surface area contributed by atoms with E-state index in [0.717, 1.165) is 37.0 Å². The molecule has 0 bridgehead atoms. The van der Waals surface area contributed by atoms with Crippen molar-refractivity contribution in [1.82, 2.24) is 5.32 Å². The van der Waals surface area contributed by atoms with Gasteiger partial charge in [-0.1, -0.05) is 81.0 Å². The molecule has 1 aromatic rings. The first-order valence-corrected chi connectivity index (χ1v) is 12.0. The minimum atomic E-state index is -0.771. The Hall–Kier alpha value is -2.86. The van der Waals surface area contributed by atoms with Crippen LogP contribution in [0.15, 0.2) is 66.4 Å². The van der Waals surface area contributed by atoms with Crippen molar-refractivity contribution >= 4 is 11.9 Å². The van der Waals surface area contributed by atoms with Crippen LogP contribution in [0.25, 0.3) is 0 Å². The van der Waals surface area contributed by atoms with E-state index in [9.17, 15) is 9.59 Å². The number of hydrogen-bond acceptors (Lipinski definition) is 4. The zero-order valence-corrected chi connectivity index (χ0v) is 21.1. The summed E-state index contributed by atoms with van der Waals surface area (Å²) in [4.78, 5) is 22.5. The van der Waals surface area contributed by atoms with E-state index in [2.05, 4.69) is 37.0 Å². The molecule has 6 heteroatoms. The van der Waals surface area contributed by atoms with Crippen molar-refractivity contribution in [3.8, 4) is 0 Å². The molecule has 0 aromatic heterocycles. The molecule has 0 aliphatic heterocycles. The highest BCUT2D eigenvalue weighted by Gasteiger charge is 2.20. The summed E-state index contributed by atoms with van der Waals surface area (Å²) in [7, 11) is 1.74. The third kappa shape index (κ3) is 11.8. The standard InChI is InChI=1S/C28H42N2O4/c1-20(18-21(2)26(34-5)19-24-13-9-7-10-14-24)16-17-25(23(4)28(29)33)30-22(3)12-8-6-11-15-27(31)32/h7,9-10,13-14,16-18,21,23,25-26,30H,3,6,8,11-12,15,19H2,1-2,4-5H3,(H2,29,33)(H,31,32)/b17-16+,20-18+/t21-,23-,25?,26-/m0/s1. The van der Waals surface area contributed by atoms with Crippen LogP contribution < -0.4 is 11.1 Å². The Morgan fingerprint density at radius 1 is 1.15 bits per heavy atom. The van der Waals surface area contributed by atoms with Gasteiger partial charge in [0.1, 0.15) is 0 Å². The van der Waals surface area contributed by atoms with Gasteiger partial charge in [-0.2, -0.15) is 0 Å². The molecule has 4 N–H and O–H groups in total. The molecule has 1 amide bonds. The summed E-state index contributed by atoms with van der Waals surface area (Å²) in [5, 5.41) is 12.1. The highest BCUT2D eigenvalue weighted by molar-refractivity contribution is 5.77. The molecule has 1 unspecified atom stereocenters. The Balaban J connectivity index is 2.73. The van der Waals surface area contributed by atoms with E-state index in [1.54, 1.807) is 14.0 Å². The van der Waals surface area contributed by atoms with E-state index in [-0.39, 0.29) is 30.4 Å². The molecular weight excluding hydrogens is 428 g/mol. The maximum atomic E-state index is 11.8. The van der Waals surface area contributed by atoms with Crippen LogP contribution in [0.1, 0.15) is 58.4 Å². The molecule has 1 rings (SSSR count). The summed E-state index contributed by atoms with van der Waals surface area (Å²) in [5.74, 6) is -1.36. The quantitative estimate of drug-likeness (QED) is 0.219. The summed E-state index contributed by atoms with van der Waals surface area (Å²) in [6.07, 6.45) is 10.3. The van der Waals surface area contributed by atoms with Crippen LogP contribution in [0.5, 0.6) is 0 Å². The summed E-state index contributed by atoms with van der Waals surface area (Å²) in [5.41, 5.74) is 8.70. The average molecular weight is 471 g/mol. The predicted octanol–water partition coefficient (Wildman–Crippen LogP) is 5.01. The maximum Gasteiger partial charge on any atom is 0.303 e. The molecule has 4 atom stereocenters. The van der Waals surface area contributed by atoms with E-state index in [1.165, 1.54) is 5.56 Å². The number of unbranched alkanes of at least 4 members (excludes halogenated alkanes) is 2. The number of carboxylic acids is 1. The molecule has 6 nitrogen and oxygen atoms in total. The van der Waals surface area contributed by atoms with E-state index in [4.69, 9.17) is 15.6 Å². The third-order valence-corrected chi connectivity index (χ3v) is 5.99. The number of benzene rings is 1. The number of ether oxygens (including phenoxy) is 1. The van der Waals surface area contributed by atoms with Crippen molar-refractivity contribution in [3.05, 3.63) is 72.0 Å². The number of methoxy groups -OCH3 is 1. The number of hydrogen-bond donors (Lipinski definition) is 3. The molecule has 0 aliphatic carbocycles. The Bertz CT molecular complexity index is 832. The molecule has 0 spiro atoms. The first-order chi connectivity index (χ1) is 16.1. The summed E-state index contributed by atoms with van der Waals surface area (Å²) >= 11 is 0. The Labute approximate surface area is 205 Å². The van der Waals surface area contributed by atoms with Crippen LogP contribution in [0, 0.1) is 11.8 Å². The van der Waals surface area contributed by atoms with Crippen LogP contribution in [0.2, 0.25) is 0 Å².